The van der Waals surface area contributed by atoms with E-state index in [1.165, 1.54) is 0 Å². The molecule has 2 saturated heterocycles. The Kier molecular flexibility index (Phi) is 5.92. The third-order valence-electron chi connectivity index (χ3n) is 5.43. The Morgan fingerprint density at radius 3 is 2.44 bits per heavy atom. The molecule has 3 aliphatic heterocycles. The fraction of sp³-hybridized carbons (Fsp3) is 0.579. The minimum Gasteiger partial charge on any atom is -0.381 e. The second-order valence-corrected chi connectivity index (χ2v) is 7.62. The van der Waals surface area contributed by atoms with Crippen LogP contribution in [0.15, 0.2) is 34.3 Å². The molecule has 0 aromatic heterocycles. The van der Waals surface area contributed by atoms with E-state index >= 15 is 0 Å². The van der Waals surface area contributed by atoms with E-state index in [4.69, 9.17) is 16.3 Å². The van der Waals surface area contributed by atoms with Crippen molar-refractivity contribution in [2.75, 3.05) is 39.4 Å². The summed E-state index contributed by atoms with van der Waals surface area (Å²) in [5.74, 6) is 0.626. The van der Waals surface area contributed by atoms with Gasteiger partial charge in [-0.3, -0.25) is 4.90 Å². The van der Waals surface area contributed by atoms with E-state index in [0.717, 1.165) is 57.8 Å². The van der Waals surface area contributed by atoms with E-state index in [1.807, 2.05) is 24.3 Å². The van der Waals surface area contributed by atoms with Crippen LogP contribution in [0.2, 0.25) is 5.02 Å². The Morgan fingerprint density at radius 1 is 1.07 bits per heavy atom. The van der Waals surface area contributed by atoms with Gasteiger partial charge in [-0.2, -0.15) is 4.99 Å². The van der Waals surface area contributed by atoms with Crippen LogP contribution in [0.1, 0.15) is 18.4 Å². The van der Waals surface area contributed by atoms with Crippen LogP contribution in [0, 0.1) is 0 Å². The molecule has 1 aromatic rings. The molecule has 0 saturated carbocycles. The number of hydrogen-bond acceptors (Lipinski definition) is 7. The highest BCUT2D eigenvalue weighted by atomic mass is 35.5. The average Bonchev–Trinajstić information content (AvgIpc) is 2.72. The zero-order chi connectivity index (χ0) is 18.6. The summed E-state index contributed by atoms with van der Waals surface area (Å²) in [7, 11) is 0. The largest absolute Gasteiger partial charge is 0.381 e. The van der Waals surface area contributed by atoms with Gasteiger partial charge >= 0.3 is 0 Å². The Labute approximate surface area is 164 Å². The van der Waals surface area contributed by atoms with Gasteiger partial charge in [0.05, 0.1) is 6.34 Å². The van der Waals surface area contributed by atoms with E-state index < -0.39 is 6.35 Å². The van der Waals surface area contributed by atoms with Crippen molar-refractivity contribution >= 4 is 23.9 Å². The molecule has 0 radical (unpaired) electrons. The second kappa shape index (κ2) is 8.56. The molecule has 27 heavy (non-hydrogen) atoms. The van der Waals surface area contributed by atoms with Gasteiger partial charge in [0.2, 0.25) is 12.3 Å². The number of rotatable bonds is 3. The zero-order valence-corrected chi connectivity index (χ0v) is 16.1. The van der Waals surface area contributed by atoms with Gasteiger partial charge in [-0.1, -0.05) is 23.7 Å². The number of ether oxygens (including phenoxy) is 1. The van der Waals surface area contributed by atoms with Gasteiger partial charge in [0.25, 0.3) is 0 Å². The van der Waals surface area contributed by atoms with Crippen molar-refractivity contribution in [3.05, 3.63) is 34.9 Å². The first-order valence-corrected chi connectivity index (χ1v) is 9.94. The normalized spacial score (nSPS) is 25.0. The van der Waals surface area contributed by atoms with Crippen molar-refractivity contribution in [3.63, 3.8) is 0 Å². The molecule has 2 fully saturated rings. The van der Waals surface area contributed by atoms with Crippen LogP contribution in [0.25, 0.3) is 0 Å². The monoisotopic (exact) mass is 391 g/mol. The fourth-order valence-electron chi connectivity index (χ4n) is 3.82. The third kappa shape index (κ3) is 4.60. The zero-order valence-electron chi connectivity index (χ0n) is 15.4. The van der Waals surface area contributed by atoms with Gasteiger partial charge in [-0.05, 0) is 30.5 Å². The predicted octanol–water partition coefficient (Wildman–Crippen LogP) is 1.61. The van der Waals surface area contributed by atoms with Gasteiger partial charge in [0, 0.05) is 57.0 Å². The van der Waals surface area contributed by atoms with Crippen molar-refractivity contribution in [2.45, 2.75) is 31.8 Å². The van der Waals surface area contributed by atoms with Crippen LogP contribution in [0.3, 0.4) is 0 Å². The summed E-state index contributed by atoms with van der Waals surface area (Å²) in [6, 6.07) is 8.21. The molecule has 1 aromatic carbocycles. The molecule has 7 nitrogen and oxygen atoms in total. The number of halogens is 1. The van der Waals surface area contributed by atoms with E-state index in [-0.39, 0.29) is 0 Å². The maximum absolute atomic E-state index is 10.4. The average molecular weight is 392 g/mol. The van der Waals surface area contributed by atoms with E-state index in [0.29, 0.717) is 23.6 Å². The van der Waals surface area contributed by atoms with Gasteiger partial charge in [0.15, 0.2) is 0 Å². The van der Waals surface area contributed by atoms with Crippen LogP contribution in [0.4, 0.5) is 0 Å². The highest BCUT2D eigenvalue weighted by Gasteiger charge is 2.28. The fourth-order valence-corrected chi connectivity index (χ4v) is 3.95. The molecule has 146 valence electrons. The molecule has 0 spiro atoms. The number of aliphatic hydroxyl groups excluding tert-OH is 1. The maximum atomic E-state index is 10.4. The molecule has 1 N–H and O–H groups in total. The molecular weight excluding hydrogens is 366 g/mol. The number of piperazine rings is 1. The lowest BCUT2D eigenvalue weighted by atomic mass is 10.1. The van der Waals surface area contributed by atoms with E-state index in [1.54, 1.807) is 11.2 Å². The lowest BCUT2D eigenvalue weighted by Crippen LogP contribution is -2.53. The minimum absolute atomic E-state index is 0.538. The molecule has 0 aliphatic carbocycles. The Balaban J connectivity index is 1.30. The van der Waals surface area contributed by atoms with E-state index in [2.05, 4.69) is 19.8 Å². The molecule has 3 aliphatic rings. The van der Waals surface area contributed by atoms with Gasteiger partial charge in [0.1, 0.15) is 0 Å². The standard InChI is InChI=1S/C19H26ClN5O2/c20-16-3-1-15(2-4-16)13-25-14-21-18(22-19(25)26)24-9-7-23(8-10-24)17-5-11-27-12-6-17/h1-4,14,17,19,26H,5-13H2. The highest BCUT2D eigenvalue weighted by Crippen LogP contribution is 2.18. The topological polar surface area (TPSA) is 63.9 Å². The van der Waals surface area contributed by atoms with Gasteiger partial charge in [-0.25, -0.2) is 4.99 Å². The van der Waals surface area contributed by atoms with Gasteiger partial charge < -0.3 is 19.6 Å². The third-order valence-corrected chi connectivity index (χ3v) is 5.68. The first-order chi connectivity index (χ1) is 13.2. The highest BCUT2D eigenvalue weighted by molar-refractivity contribution is 6.30. The number of aliphatic hydroxyl groups is 1. The molecule has 4 rings (SSSR count). The van der Waals surface area contributed by atoms with Crippen LogP contribution in [-0.2, 0) is 11.3 Å². The lowest BCUT2D eigenvalue weighted by Gasteiger charge is -2.41. The summed E-state index contributed by atoms with van der Waals surface area (Å²) >= 11 is 5.92. The van der Waals surface area contributed by atoms with Crippen molar-refractivity contribution in [2.24, 2.45) is 9.98 Å². The molecule has 1 atom stereocenters. The van der Waals surface area contributed by atoms with Crippen molar-refractivity contribution in [1.29, 1.82) is 0 Å². The van der Waals surface area contributed by atoms with Crippen molar-refractivity contribution < 1.29 is 9.84 Å². The summed E-state index contributed by atoms with van der Waals surface area (Å²) in [5.41, 5.74) is 1.05. The van der Waals surface area contributed by atoms with Crippen LogP contribution in [0.5, 0.6) is 0 Å². The van der Waals surface area contributed by atoms with E-state index in [9.17, 15) is 5.11 Å². The number of benzene rings is 1. The molecule has 8 heteroatoms. The minimum atomic E-state index is -0.915. The Hall–Kier alpha value is -1.67. The van der Waals surface area contributed by atoms with Crippen LogP contribution in [-0.4, -0.2) is 83.9 Å². The molecule has 0 amide bonds. The Morgan fingerprint density at radius 2 is 1.78 bits per heavy atom. The first kappa shape index (κ1) is 18.7. The predicted molar refractivity (Wildman–Crippen MR) is 106 cm³/mol. The smallest absolute Gasteiger partial charge is 0.230 e. The second-order valence-electron chi connectivity index (χ2n) is 7.19. The van der Waals surface area contributed by atoms with Crippen molar-refractivity contribution in [3.8, 4) is 0 Å². The summed E-state index contributed by atoms with van der Waals surface area (Å²) in [5, 5.41) is 11.1. The summed E-state index contributed by atoms with van der Waals surface area (Å²) < 4.78 is 5.46. The molecule has 1 unspecified atom stereocenters. The first-order valence-electron chi connectivity index (χ1n) is 9.56. The van der Waals surface area contributed by atoms with Crippen molar-refractivity contribution in [1.82, 2.24) is 14.7 Å². The summed E-state index contributed by atoms with van der Waals surface area (Å²) in [6.45, 7) is 6.06. The number of nitrogens with zero attached hydrogens (tertiary/aromatic N) is 5. The number of hydrogen-bond donors (Lipinski definition) is 1. The van der Waals surface area contributed by atoms with Crippen LogP contribution < -0.4 is 0 Å². The van der Waals surface area contributed by atoms with Crippen LogP contribution >= 0.6 is 11.6 Å². The summed E-state index contributed by atoms with van der Waals surface area (Å²) in [4.78, 5) is 15.3. The quantitative estimate of drug-likeness (QED) is 0.848. The maximum Gasteiger partial charge on any atom is 0.230 e. The lowest BCUT2D eigenvalue weighted by molar-refractivity contribution is 0.0205. The summed E-state index contributed by atoms with van der Waals surface area (Å²) in [6.07, 6.45) is 3.02. The number of guanidine groups is 1. The molecule has 3 heterocycles. The number of aliphatic imine (C=N–C) groups is 2. The van der Waals surface area contributed by atoms with Gasteiger partial charge in [-0.15, -0.1) is 0 Å². The Bertz CT molecular complexity index is 682. The molecule has 0 bridgehead atoms. The molecular formula is C19H26ClN5O2. The SMILES string of the molecule is OC1N=C(N2CCN(C3CCOCC3)CC2)N=CN1Cc1ccc(Cl)cc1.